The molecule has 0 radical (unpaired) electrons. The second-order valence-electron chi connectivity index (χ2n) is 8.64. The Bertz CT molecular complexity index is 1120. The smallest absolute Gasteiger partial charge is 0.340 e. The van der Waals surface area contributed by atoms with E-state index < -0.39 is 52.1 Å². The van der Waals surface area contributed by atoms with Crippen LogP contribution in [0.2, 0.25) is 5.15 Å². The maximum atomic E-state index is 11.9. The van der Waals surface area contributed by atoms with Gasteiger partial charge in [0.1, 0.15) is 16.8 Å². The molecule has 1 aliphatic carbocycles. The fraction of sp³-hybridized carbons (Fsp3) is 0.667. The zero-order valence-corrected chi connectivity index (χ0v) is 20.5. The number of aliphatic hydroxyl groups is 2. The van der Waals surface area contributed by atoms with Gasteiger partial charge in [-0.15, -0.1) is 0 Å². The lowest BCUT2D eigenvalue weighted by atomic mass is 9.95. The molecule has 16 heteroatoms. The second kappa shape index (κ2) is 10.1. The van der Waals surface area contributed by atoms with Crippen LogP contribution < -0.4 is 5.32 Å². The third kappa shape index (κ3) is 5.99. The molecule has 2 aromatic rings. The number of rotatable bonds is 8. The first-order valence-electron chi connectivity index (χ1n) is 10.7. The van der Waals surface area contributed by atoms with Crippen molar-refractivity contribution in [1.82, 2.24) is 14.5 Å². The fourth-order valence-electron chi connectivity index (χ4n) is 4.31. The van der Waals surface area contributed by atoms with Gasteiger partial charge in [0.2, 0.25) is 0 Å². The molecule has 2 fully saturated rings. The summed E-state index contributed by atoms with van der Waals surface area (Å²) >= 11 is 6.23. The zero-order valence-electron chi connectivity index (χ0n) is 18.0. The number of imidazole rings is 1. The first-order valence-corrected chi connectivity index (χ1v) is 14.7. The summed E-state index contributed by atoms with van der Waals surface area (Å²) in [5.74, 6) is -1.74. The molecule has 0 aromatic carbocycles. The van der Waals surface area contributed by atoms with Crippen molar-refractivity contribution >= 4 is 43.6 Å². The summed E-state index contributed by atoms with van der Waals surface area (Å²) in [6, 6.07) is 1.84. The number of anilines is 1. The Hall–Kier alpha value is -1.11. The van der Waals surface area contributed by atoms with Crippen LogP contribution in [-0.2, 0) is 18.4 Å². The molecule has 0 bridgehead atoms. The molecule has 5 atom stereocenters. The third-order valence-electron chi connectivity index (χ3n) is 5.96. The van der Waals surface area contributed by atoms with Crippen LogP contribution in [0.1, 0.15) is 31.9 Å². The number of pyridine rings is 1. The van der Waals surface area contributed by atoms with Crippen LogP contribution in [0.5, 0.6) is 0 Å². The zero-order chi connectivity index (χ0) is 24.7. The molecule has 13 nitrogen and oxygen atoms in total. The van der Waals surface area contributed by atoms with Crippen molar-refractivity contribution in [1.29, 1.82) is 0 Å². The number of hydrogen-bond acceptors (Lipinski definition) is 9. The lowest BCUT2D eigenvalue weighted by Crippen LogP contribution is -2.49. The highest BCUT2D eigenvalue weighted by Gasteiger charge is 2.41. The third-order valence-corrected chi connectivity index (χ3v) is 9.61. The molecule has 1 unspecified atom stereocenters. The number of aliphatic hydroxyl groups excluding tert-OH is 2. The highest BCUT2D eigenvalue weighted by molar-refractivity contribution is 7.70. The first kappa shape index (κ1) is 26.0. The van der Waals surface area contributed by atoms with Crippen LogP contribution in [0.15, 0.2) is 12.4 Å². The minimum Gasteiger partial charge on any atom is -0.390 e. The number of ether oxygens (including phenoxy) is 1. The molecule has 1 saturated carbocycles. The average molecular weight is 541 g/mol. The Morgan fingerprint density at radius 3 is 2.59 bits per heavy atom. The van der Waals surface area contributed by atoms with Gasteiger partial charge in [-0.25, -0.2) is 9.97 Å². The van der Waals surface area contributed by atoms with Crippen molar-refractivity contribution in [2.24, 2.45) is 5.92 Å². The Morgan fingerprint density at radius 1 is 1.21 bits per heavy atom. The number of aromatic nitrogens is 3. The van der Waals surface area contributed by atoms with E-state index in [4.69, 9.17) is 30.6 Å². The van der Waals surface area contributed by atoms with Gasteiger partial charge in [0.15, 0.2) is 17.9 Å². The average Bonchev–Trinajstić information content (AvgIpc) is 3.37. The van der Waals surface area contributed by atoms with Gasteiger partial charge in [0.05, 0.1) is 31.2 Å². The molecular weight excluding hydrogens is 514 g/mol. The minimum absolute atomic E-state index is 0.162. The molecule has 4 rings (SSSR count). The van der Waals surface area contributed by atoms with E-state index in [-0.39, 0.29) is 17.8 Å². The number of halogens is 1. The van der Waals surface area contributed by atoms with E-state index in [1.165, 1.54) is 10.9 Å². The van der Waals surface area contributed by atoms with Crippen LogP contribution >= 0.6 is 26.8 Å². The van der Waals surface area contributed by atoms with Crippen LogP contribution in [0, 0.1) is 5.92 Å². The van der Waals surface area contributed by atoms with E-state index in [1.54, 1.807) is 6.07 Å². The molecule has 2 aromatic heterocycles. The number of nitrogens with zero attached hydrogens (tertiary/aromatic N) is 3. The minimum atomic E-state index is -4.78. The predicted molar refractivity (Wildman–Crippen MR) is 122 cm³/mol. The van der Waals surface area contributed by atoms with Crippen LogP contribution in [0.4, 0.5) is 5.82 Å². The van der Waals surface area contributed by atoms with Gasteiger partial charge >= 0.3 is 15.2 Å². The predicted octanol–water partition coefficient (Wildman–Crippen LogP) is 1.64. The number of nitrogens with one attached hydrogen (secondary N) is 1. The number of hydrogen-bond donors (Lipinski definition) is 6. The monoisotopic (exact) mass is 540 g/mol. The summed E-state index contributed by atoms with van der Waals surface area (Å²) in [6.45, 7) is -0.709. The maximum Gasteiger partial charge on any atom is 0.340 e. The molecule has 1 aliphatic heterocycles. The quantitative estimate of drug-likeness (QED) is 0.209. The maximum absolute atomic E-state index is 11.9. The van der Waals surface area contributed by atoms with Crippen LogP contribution in [-0.4, -0.2) is 76.8 Å². The highest BCUT2D eigenvalue weighted by Crippen LogP contribution is 2.55. The van der Waals surface area contributed by atoms with Gasteiger partial charge in [-0.3, -0.25) is 9.13 Å². The van der Waals surface area contributed by atoms with Crippen molar-refractivity contribution in [2.75, 3.05) is 24.4 Å². The summed E-state index contributed by atoms with van der Waals surface area (Å²) in [5, 5.41) is 24.9. The van der Waals surface area contributed by atoms with Crippen molar-refractivity contribution < 1.29 is 43.3 Å². The lowest BCUT2D eigenvalue weighted by molar-refractivity contribution is -0.195. The fourth-order valence-corrected chi connectivity index (χ4v) is 7.11. The summed E-state index contributed by atoms with van der Waals surface area (Å²) in [7, 11) is -9.38. The van der Waals surface area contributed by atoms with E-state index in [0.29, 0.717) is 16.9 Å². The first-order chi connectivity index (χ1) is 15.9. The molecule has 0 spiro atoms. The SMILES string of the molecule is O=P(O)(O)CP(=O)(O)OC[C@H]1CO[C@@H](n2cnc3c(NC4CCCC4)nc(Cl)cc32)[C@H](O)[C@@H]1O. The molecular formula is C18H27ClN4O9P2. The van der Waals surface area contributed by atoms with Gasteiger partial charge in [-0.1, -0.05) is 24.4 Å². The molecule has 3 heterocycles. The Kier molecular flexibility index (Phi) is 7.71. The summed E-state index contributed by atoms with van der Waals surface area (Å²) < 4.78 is 34.9. The summed E-state index contributed by atoms with van der Waals surface area (Å²) in [4.78, 5) is 36.1. The molecule has 190 valence electrons. The van der Waals surface area contributed by atoms with Gasteiger partial charge in [0.25, 0.3) is 0 Å². The normalized spacial score (nSPS) is 28.3. The van der Waals surface area contributed by atoms with E-state index in [1.807, 2.05) is 0 Å². The van der Waals surface area contributed by atoms with E-state index in [0.717, 1.165) is 25.7 Å². The van der Waals surface area contributed by atoms with Gasteiger partial charge in [0, 0.05) is 18.0 Å². The van der Waals surface area contributed by atoms with E-state index in [9.17, 15) is 24.2 Å². The number of fused-ring (bicyclic) bond motifs is 1. The Balaban J connectivity index is 1.48. The summed E-state index contributed by atoms with van der Waals surface area (Å²) in [5.41, 5.74) is 1.07. The second-order valence-corrected chi connectivity index (χ2v) is 13.0. The Morgan fingerprint density at radius 2 is 1.91 bits per heavy atom. The van der Waals surface area contributed by atoms with Crippen molar-refractivity contribution in [3.8, 4) is 0 Å². The standard InChI is InChI=1S/C18H27ClN4O9P2/c19-13-5-12-14(17(22-13)21-11-3-1-2-4-11)20-8-23(12)18-16(25)15(24)10(6-31-18)7-32-34(29,30)9-33(26,27)28/h5,8,10-11,15-16,18,24-25H,1-4,6-7,9H2,(H,21,22)(H,29,30)(H2,26,27,28)/t10-,15-,16-,18-/m1/s1. The topological polar surface area (TPSA) is 196 Å². The van der Waals surface area contributed by atoms with Crippen molar-refractivity contribution in [3.05, 3.63) is 17.5 Å². The molecule has 0 amide bonds. The van der Waals surface area contributed by atoms with Crippen LogP contribution in [0.3, 0.4) is 0 Å². The lowest BCUT2D eigenvalue weighted by Gasteiger charge is -2.38. The van der Waals surface area contributed by atoms with E-state index >= 15 is 0 Å². The summed E-state index contributed by atoms with van der Waals surface area (Å²) in [6.07, 6.45) is 1.83. The highest BCUT2D eigenvalue weighted by atomic mass is 35.5. The van der Waals surface area contributed by atoms with Gasteiger partial charge in [-0.2, -0.15) is 0 Å². The molecule has 34 heavy (non-hydrogen) atoms. The Labute approximate surface area is 199 Å². The molecule has 6 N–H and O–H groups in total. The van der Waals surface area contributed by atoms with E-state index in [2.05, 4.69) is 15.3 Å². The largest absolute Gasteiger partial charge is 0.390 e. The molecule has 2 aliphatic rings. The van der Waals surface area contributed by atoms with Crippen LogP contribution in [0.25, 0.3) is 11.0 Å². The van der Waals surface area contributed by atoms with Gasteiger partial charge in [-0.05, 0) is 12.8 Å². The van der Waals surface area contributed by atoms with Gasteiger partial charge < -0.3 is 44.0 Å². The molecule has 1 saturated heterocycles. The van der Waals surface area contributed by atoms with Crippen molar-refractivity contribution in [3.63, 3.8) is 0 Å². The van der Waals surface area contributed by atoms with Crippen molar-refractivity contribution in [2.45, 2.75) is 50.2 Å².